The van der Waals surface area contributed by atoms with Gasteiger partial charge in [0.1, 0.15) is 17.1 Å². The zero-order chi connectivity index (χ0) is 26.4. The van der Waals surface area contributed by atoms with E-state index in [0.29, 0.717) is 37.4 Å². The molecule has 0 saturated carbocycles. The number of rotatable bonds is 8. The second-order valence-electron chi connectivity index (χ2n) is 8.68. The number of likely N-dealkylation sites (tertiary alicyclic amines) is 1. The lowest BCUT2D eigenvalue weighted by Crippen LogP contribution is -2.38. The largest absolute Gasteiger partial charge is 0.493 e. The molecule has 3 aromatic rings. The van der Waals surface area contributed by atoms with E-state index in [4.69, 9.17) is 4.74 Å². The van der Waals surface area contributed by atoms with Gasteiger partial charge in [-0.2, -0.15) is 4.39 Å². The molecule has 1 N–H and O–H groups in total. The fourth-order valence-electron chi connectivity index (χ4n) is 4.31. The first-order valence-electron chi connectivity index (χ1n) is 11.8. The molecule has 4 rings (SSSR count). The minimum absolute atomic E-state index is 0.134. The molecule has 1 saturated heterocycles. The Morgan fingerprint density at radius 3 is 2.32 bits per heavy atom. The van der Waals surface area contributed by atoms with Crippen molar-refractivity contribution in [3.63, 3.8) is 0 Å². The maximum atomic E-state index is 13.9. The molecule has 10 heteroatoms. The van der Waals surface area contributed by atoms with Crippen molar-refractivity contribution in [2.24, 2.45) is 0 Å². The number of carbonyl (C=O) groups is 2. The maximum absolute atomic E-state index is 13.9. The molecular weight excluding hydrogens is 484 g/mol. The summed E-state index contributed by atoms with van der Waals surface area (Å²) < 4.78 is 32.3. The van der Waals surface area contributed by atoms with E-state index in [9.17, 15) is 28.5 Å². The Labute approximate surface area is 212 Å². The number of amides is 2. The first-order chi connectivity index (χ1) is 17.8. The molecule has 0 radical (unpaired) electrons. The molecule has 0 bridgehead atoms. The fourth-order valence-corrected chi connectivity index (χ4v) is 4.31. The lowest BCUT2D eigenvalue weighted by atomic mass is 9.89. The lowest BCUT2D eigenvalue weighted by molar-refractivity contribution is -0.387. The predicted molar refractivity (Wildman–Crippen MR) is 133 cm³/mol. The van der Waals surface area contributed by atoms with E-state index in [1.54, 1.807) is 0 Å². The molecule has 3 aromatic carbocycles. The van der Waals surface area contributed by atoms with Gasteiger partial charge in [0, 0.05) is 18.8 Å². The minimum Gasteiger partial charge on any atom is -0.493 e. The van der Waals surface area contributed by atoms with Gasteiger partial charge in [0.25, 0.3) is 5.91 Å². The van der Waals surface area contributed by atoms with E-state index in [1.807, 2.05) is 24.3 Å². The molecule has 1 aliphatic rings. The predicted octanol–water partition coefficient (Wildman–Crippen LogP) is 5.30. The number of nitrogens with one attached hydrogen (secondary N) is 1. The zero-order valence-electron chi connectivity index (χ0n) is 19.9. The van der Waals surface area contributed by atoms with Crippen LogP contribution in [0.1, 0.15) is 41.1 Å². The van der Waals surface area contributed by atoms with Gasteiger partial charge in [0.2, 0.25) is 11.7 Å². The zero-order valence-corrected chi connectivity index (χ0v) is 19.9. The van der Waals surface area contributed by atoms with Crippen LogP contribution in [0.3, 0.4) is 0 Å². The summed E-state index contributed by atoms with van der Waals surface area (Å²) in [5.74, 6) is -1.49. The van der Waals surface area contributed by atoms with Gasteiger partial charge in [-0.15, -0.1) is 0 Å². The molecular formula is C27H25F2N3O5. The summed E-state index contributed by atoms with van der Waals surface area (Å²) in [5.41, 5.74) is 0.656. The average molecular weight is 510 g/mol. The van der Waals surface area contributed by atoms with Gasteiger partial charge in [-0.1, -0.05) is 18.2 Å². The highest BCUT2D eigenvalue weighted by Gasteiger charge is 2.30. The number of carbonyl (C=O) groups excluding carboxylic acids is 2. The second-order valence-corrected chi connectivity index (χ2v) is 8.68. The number of nitrogens with zero attached hydrogens (tertiary/aromatic N) is 2. The van der Waals surface area contributed by atoms with Crippen molar-refractivity contribution >= 4 is 23.2 Å². The third-order valence-electron chi connectivity index (χ3n) is 6.26. The summed E-state index contributed by atoms with van der Waals surface area (Å²) >= 11 is 0. The van der Waals surface area contributed by atoms with E-state index in [-0.39, 0.29) is 36.2 Å². The topological polar surface area (TPSA) is 102 Å². The fraction of sp³-hybridized carbons (Fsp3) is 0.259. The number of anilines is 1. The van der Waals surface area contributed by atoms with E-state index in [0.717, 1.165) is 11.6 Å². The molecule has 192 valence electrons. The Balaban J connectivity index is 1.26. The van der Waals surface area contributed by atoms with Crippen molar-refractivity contribution < 1.29 is 28.0 Å². The first-order valence-corrected chi connectivity index (χ1v) is 11.8. The number of hydrogen-bond acceptors (Lipinski definition) is 5. The normalized spacial score (nSPS) is 13.7. The Morgan fingerprint density at radius 1 is 1.00 bits per heavy atom. The number of benzene rings is 3. The smallest absolute Gasteiger partial charge is 0.317 e. The summed E-state index contributed by atoms with van der Waals surface area (Å²) in [6.07, 6.45) is 1.44. The monoisotopic (exact) mass is 509 g/mol. The summed E-state index contributed by atoms with van der Waals surface area (Å²) in [6.45, 7) is 0.943. The number of nitro groups is 1. The third-order valence-corrected chi connectivity index (χ3v) is 6.26. The number of para-hydroxylation sites is 1. The molecule has 0 aliphatic carbocycles. The first kappa shape index (κ1) is 25.7. The van der Waals surface area contributed by atoms with E-state index in [1.165, 1.54) is 41.3 Å². The van der Waals surface area contributed by atoms with Gasteiger partial charge < -0.3 is 15.0 Å². The number of nitro benzene ring substituents is 1. The minimum atomic E-state index is -1.03. The average Bonchev–Trinajstić information content (AvgIpc) is 2.89. The van der Waals surface area contributed by atoms with Crippen molar-refractivity contribution in [2.45, 2.75) is 25.2 Å². The van der Waals surface area contributed by atoms with Crippen LogP contribution < -0.4 is 10.1 Å². The molecule has 0 unspecified atom stereocenters. The molecule has 0 aromatic heterocycles. The number of ether oxygens (including phenoxy) is 1. The SMILES string of the molecule is O=C(CCOc1ccc(F)cc1)Nc1ccc(C2CCN(C(=O)c3cccc(F)c3[N+](=O)[O-])CC2)cc1. The van der Waals surface area contributed by atoms with E-state index in [2.05, 4.69) is 5.32 Å². The van der Waals surface area contributed by atoms with Crippen LogP contribution in [-0.4, -0.2) is 41.3 Å². The van der Waals surface area contributed by atoms with Gasteiger partial charge in [0.05, 0.1) is 18.0 Å². The number of piperidine rings is 1. The highest BCUT2D eigenvalue weighted by Crippen LogP contribution is 2.31. The van der Waals surface area contributed by atoms with Gasteiger partial charge >= 0.3 is 5.69 Å². The standard InChI is InChI=1S/C27H25F2N3O5/c28-20-6-10-22(11-7-20)37-17-14-25(33)30-21-8-4-18(5-9-21)19-12-15-31(16-13-19)27(34)23-2-1-3-24(29)26(23)32(35)36/h1-11,19H,12-17H2,(H,30,33). The van der Waals surface area contributed by atoms with Crippen LogP contribution in [0.25, 0.3) is 0 Å². The van der Waals surface area contributed by atoms with E-state index >= 15 is 0 Å². The summed E-state index contributed by atoms with van der Waals surface area (Å²) in [5, 5.41) is 14.0. The summed E-state index contributed by atoms with van der Waals surface area (Å²) in [4.78, 5) is 36.9. The molecule has 8 nitrogen and oxygen atoms in total. The molecule has 37 heavy (non-hydrogen) atoms. The van der Waals surface area contributed by atoms with Crippen LogP contribution in [0.5, 0.6) is 5.75 Å². The van der Waals surface area contributed by atoms with Crippen molar-refractivity contribution in [2.75, 3.05) is 25.0 Å². The van der Waals surface area contributed by atoms with Gasteiger partial charge in [-0.05, 0) is 72.9 Å². The highest BCUT2D eigenvalue weighted by molar-refractivity contribution is 5.98. The highest BCUT2D eigenvalue weighted by atomic mass is 19.1. The number of halogens is 2. The van der Waals surface area contributed by atoms with Crippen molar-refractivity contribution in [1.82, 2.24) is 4.90 Å². The molecule has 1 heterocycles. The molecule has 0 spiro atoms. The summed E-state index contributed by atoms with van der Waals surface area (Å²) in [6, 6.07) is 16.6. The van der Waals surface area contributed by atoms with Crippen LogP contribution >= 0.6 is 0 Å². The van der Waals surface area contributed by atoms with Crippen LogP contribution in [0.4, 0.5) is 20.2 Å². The van der Waals surface area contributed by atoms with Crippen molar-refractivity contribution in [3.8, 4) is 5.75 Å². The molecule has 2 amide bonds. The van der Waals surface area contributed by atoms with Gasteiger partial charge in [0.15, 0.2) is 0 Å². The van der Waals surface area contributed by atoms with Crippen LogP contribution in [-0.2, 0) is 4.79 Å². The number of hydrogen-bond donors (Lipinski definition) is 1. The van der Waals surface area contributed by atoms with Crippen molar-refractivity contribution in [3.05, 3.63) is 99.6 Å². The second kappa shape index (κ2) is 11.6. The third kappa shape index (κ3) is 6.46. The van der Waals surface area contributed by atoms with Crippen molar-refractivity contribution in [1.29, 1.82) is 0 Å². The molecule has 0 atom stereocenters. The molecule has 1 aliphatic heterocycles. The van der Waals surface area contributed by atoms with Crippen LogP contribution in [0.2, 0.25) is 0 Å². The Bertz CT molecular complexity index is 1270. The Morgan fingerprint density at radius 2 is 1.68 bits per heavy atom. The van der Waals surface area contributed by atoms with Crippen LogP contribution in [0, 0.1) is 21.7 Å². The van der Waals surface area contributed by atoms with Gasteiger partial charge in [-0.3, -0.25) is 19.7 Å². The summed E-state index contributed by atoms with van der Waals surface area (Å²) in [7, 11) is 0. The Hall–Kier alpha value is -4.34. The lowest BCUT2D eigenvalue weighted by Gasteiger charge is -2.32. The van der Waals surface area contributed by atoms with Gasteiger partial charge in [-0.25, -0.2) is 4.39 Å². The molecule has 1 fully saturated rings. The Kier molecular flexibility index (Phi) is 8.07. The maximum Gasteiger partial charge on any atom is 0.317 e. The quantitative estimate of drug-likeness (QED) is 0.328. The van der Waals surface area contributed by atoms with E-state index < -0.39 is 22.3 Å². The van der Waals surface area contributed by atoms with Crippen LogP contribution in [0.15, 0.2) is 66.7 Å².